The van der Waals surface area contributed by atoms with Gasteiger partial charge in [0.15, 0.2) is 0 Å². The molecule has 0 heterocycles. The molecule has 0 amide bonds. The molecule has 0 radical (unpaired) electrons. The maximum absolute atomic E-state index is 5.46. The molecule has 0 atom stereocenters. The maximum Gasteiger partial charge on any atom is 0.126 e. The van der Waals surface area contributed by atoms with Crippen LogP contribution in [0.4, 0.5) is 5.69 Å². The molecule has 2 nitrogen and oxygen atoms in total. The van der Waals surface area contributed by atoms with E-state index in [1.807, 2.05) is 48.7 Å². The third-order valence-corrected chi connectivity index (χ3v) is 4.25. The van der Waals surface area contributed by atoms with Crippen molar-refractivity contribution >= 4 is 33.4 Å². The van der Waals surface area contributed by atoms with Crippen LogP contribution in [-0.4, -0.2) is 13.3 Å². The molecule has 0 aromatic heterocycles. The zero-order valence-corrected chi connectivity index (χ0v) is 13.4. The van der Waals surface area contributed by atoms with Gasteiger partial charge in [-0.1, -0.05) is 60.7 Å². The van der Waals surface area contributed by atoms with Crippen molar-refractivity contribution < 1.29 is 4.74 Å². The summed E-state index contributed by atoms with van der Waals surface area (Å²) in [5.74, 6) is 0.882. The lowest BCUT2D eigenvalue weighted by atomic mass is 10.0. The number of nitrogens with zero attached hydrogens (tertiary/aromatic N) is 1. The van der Waals surface area contributed by atoms with Crippen molar-refractivity contribution in [2.45, 2.75) is 0 Å². The smallest absolute Gasteiger partial charge is 0.126 e. The van der Waals surface area contributed by atoms with E-state index >= 15 is 0 Å². The Balaban J connectivity index is 1.83. The molecule has 4 rings (SSSR count). The average molecular weight is 311 g/mol. The summed E-state index contributed by atoms with van der Waals surface area (Å²) in [7, 11) is 1.70. The fourth-order valence-corrected chi connectivity index (χ4v) is 3.05. The van der Waals surface area contributed by atoms with Crippen LogP contribution in [0.2, 0.25) is 0 Å². The second kappa shape index (κ2) is 6.17. The van der Waals surface area contributed by atoms with Gasteiger partial charge in [0.1, 0.15) is 5.75 Å². The van der Waals surface area contributed by atoms with Crippen molar-refractivity contribution in [1.29, 1.82) is 0 Å². The largest absolute Gasteiger partial charge is 0.496 e. The predicted molar refractivity (Wildman–Crippen MR) is 102 cm³/mol. The monoisotopic (exact) mass is 311 g/mol. The first kappa shape index (κ1) is 14.5. The Labute approximate surface area is 141 Å². The van der Waals surface area contributed by atoms with E-state index in [9.17, 15) is 0 Å². The minimum atomic E-state index is 0.882. The molecule has 0 aliphatic heterocycles. The van der Waals surface area contributed by atoms with Crippen LogP contribution in [0.25, 0.3) is 21.5 Å². The fraction of sp³-hybridized carbons (Fsp3) is 0.0455. The topological polar surface area (TPSA) is 21.6 Å². The van der Waals surface area contributed by atoms with Gasteiger partial charge in [0.2, 0.25) is 0 Å². The Kier molecular flexibility index (Phi) is 3.72. The molecule has 0 spiro atoms. The van der Waals surface area contributed by atoms with E-state index in [0.29, 0.717) is 0 Å². The summed E-state index contributed by atoms with van der Waals surface area (Å²) in [6, 6.07) is 26.8. The molecular weight excluding hydrogens is 294 g/mol. The van der Waals surface area contributed by atoms with Crippen LogP contribution in [0.3, 0.4) is 0 Å². The van der Waals surface area contributed by atoms with Gasteiger partial charge < -0.3 is 4.74 Å². The zero-order chi connectivity index (χ0) is 16.4. The lowest BCUT2D eigenvalue weighted by Gasteiger charge is -2.08. The Morgan fingerprint density at radius 1 is 0.708 bits per heavy atom. The summed E-state index contributed by atoms with van der Waals surface area (Å²) in [6.07, 6.45) is 1.93. The quantitative estimate of drug-likeness (QED) is 0.441. The molecule has 0 saturated heterocycles. The van der Waals surface area contributed by atoms with E-state index < -0.39 is 0 Å². The molecule has 116 valence electrons. The van der Waals surface area contributed by atoms with Crippen molar-refractivity contribution in [1.82, 2.24) is 0 Å². The van der Waals surface area contributed by atoms with Gasteiger partial charge in [-0.05, 0) is 29.0 Å². The second-order valence-corrected chi connectivity index (χ2v) is 5.66. The Bertz CT molecular complexity index is 1040. The first-order chi connectivity index (χ1) is 11.9. The molecule has 0 fully saturated rings. The summed E-state index contributed by atoms with van der Waals surface area (Å²) in [5.41, 5.74) is 2.06. The summed E-state index contributed by atoms with van der Waals surface area (Å²) in [6.45, 7) is 0. The molecule has 0 aliphatic rings. The second-order valence-electron chi connectivity index (χ2n) is 5.66. The van der Waals surface area contributed by atoms with E-state index in [4.69, 9.17) is 9.73 Å². The van der Waals surface area contributed by atoms with Gasteiger partial charge in [-0.2, -0.15) is 0 Å². The molecule has 24 heavy (non-hydrogen) atoms. The number of benzene rings is 4. The van der Waals surface area contributed by atoms with Crippen molar-refractivity contribution in [3.05, 3.63) is 84.4 Å². The minimum Gasteiger partial charge on any atom is -0.496 e. The Hall–Kier alpha value is -3.13. The number of fused-ring (bicyclic) bond motifs is 2. The number of rotatable bonds is 3. The first-order valence-electron chi connectivity index (χ1n) is 7.94. The summed E-state index contributed by atoms with van der Waals surface area (Å²) >= 11 is 0. The third-order valence-electron chi connectivity index (χ3n) is 4.25. The molecule has 2 heteroatoms. The molecule has 0 bridgehead atoms. The molecule has 4 aromatic rings. The van der Waals surface area contributed by atoms with E-state index in [1.54, 1.807) is 7.11 Å². The Morgan fingerprint density at radius 2 is 1.42 bits per heavy atom. The number of hydrogen-bond acceptors (Lipinski definition) is 2. The first-order valence-corrected chi connectivity index (χ1v) is 7.94. The zero-order valence-electron chi connectivity index (χ0n) is 13.4. The molecule has 0 unspecified atom stereocenters. The Morgan fingerprint density at radius 3 is 2.25 bits per heavy atom. The maximum atomic E-state index is 5.46. The van der Waals surface area contributed by atoms with Gasteiger partial charge >= 0.3 is 0 Å². The van der Waals surface area contributed by atoms with Gasteiger partial charge in [-0.3, -0.25) is 4.99 Å². The summed E-state index contributed by atoms with van der Waals surface area (Å²) < 4.78 is 5.46. The minimum absolute atomic E-state index is 0.882. The normalized spacial score (nSPS) is 11.4. The van der Waals surface area contributed by atoms with Gasteiger partial charge in [0.05, 0.1) is 12.8 Å². The summed E-state index contributed by atoms with van der Waals surface area (Å²) in [4.78, 5) is 4.74. The third kappa shape index (κ3) is 2.52. The van der Waals surface area contributed by atoms with Crippen LogP contribution in [0.15, 0.2) is 83.9 Å². The highest BCUT2D eigenvalue weighted by Gasteiger charge is 2.04. The highest BCUT2D eigenvalue weighted by molar-refractivity contribution is 6.04. The van der Waals surface area contributed by atoms with Crippen LogP contribution >= 0.6 is 0 Å². The van der Waals surface area contributed by atoms with Gasteiger partial charge in [0.25, 0.3) is 0 Å². The van der Waals surface area contributed by atoms with E-state index in [-0.39, 0.29) is 0 Å². The van der Waals surface area contributed by atoms with Crippen LogP contribution < -0.4 is 4.74 Å². The standard InChI is InChI=1S/C22H17NO/c1-24-22-14-13-17(18-9-4-5-11-20(18)22)15-23-21-12-6-8-16-7-2-3-10-19(16)21/h2-15H,1H3. The van der Waals surface area contributed by atoms with E-state index in [2.05, 4.69) is 36.4 Å². The van der Waals surface area contributed by atoms with E-state index in [0.717, 1.165) is 33.2 Å². The van der Waals surface area contributed by atoms with Crippen LogP contribution in [0.1, 0.15) is 5.56 Å². The molecule has 4 aromatic carbocycles. The van der Waals surface area contributed by atoms with Crippen LogP contribution in [0.5, 0.6) is 5.75 Å². The van der Waals surface area contributed by atoms with Gasteiger partial charge in [-0.15, -0.1) is 0 Å². The van der Waals surface area contributed by atoms with Crippen LogP contribution in [-0.2, 0) is 0 Å². The highest BCUT2D eigenvalue weighted by Crippen LogP contribution is 2.29. The predicted octanol–water partition coefficient (Wildman–Crippen LogP) is 5.75. The van der Waals surface area contributed by atoms with E-state index in [1.165, 1.54) is 5.39 Å². The number of methoxy groups -OCH3 is 1. The molecule has 0 aliphatic carbocycles. The number of aliphatic imine (C=N–C) groups is 1. The van der Waals surface area contributed by atoms with Crippen molar-refractivity contribution in [2.24, 2.45) is 4.99 Å². The average Bonchev–Trinajstić information content (AvgIpc) is 2.66. The van der Waals surface area contributed by atoms with Crippen molar-refractivity contribution in [2.75, 3.05) is 7.11 Å². The lowest BCUT2D eigenvalue weighted by Crippen LogP contribution is -1.89. The van der Waals surface area contributed by atoms with Crippen molar-refractivity contribution in [3.8, 4) is 5.75 Å². The van der Waals surface area contributed by atoms with Gasteiger partial charge in [-0.25, -0.2) is 0 Å². The SMILES string of the molecule is COc1ccc(C=Nc2cccc3ccccc23)c2ccccc12. The summed E-state index contributed by atoms with van der Waals surface area (Å²) in [5, 5.41) is 4.60. The van der Waals surface area contributed by atoms with Crippen LogP contribution in [0, 0.1) is 0 Å². The molecule has 0 saturated carbocycles. The van der Waals surface area contributed by atoms with Gasteiger partial charge in [0, 0.05) is 22.6 Å². The molecule has 0 N–H and O–H groups in total. The lowest BCUT2D eigenvalue weighted by molar-refractivity contribution is 0.420. The molecular formula is C22H17NO. The number of hydrogen-bond donors (Lipinski definition) is 0. The number of ether oxygens (including phenoxy) is 1. The highest BCUT2D eigenvalue weighted by atomic mass is 16.5. The van der Waals surface area contributed by atoms with Crippen molar-refractivity contribution in [3.63, 3.8) is 0 Å². The fourth-order valence-electron chi connectivity index (χ4n) is 3.05.